The predicted octanol–water partition coefficient (Wildman–Crippen LogP) is 6.24. The lowest BCUT2D eigenvalue weighted by Gasteiger charge is -2.09. The fourth-order valence-electron chi connectivity index (χ4n) is 3.00. The van der Waals surface area contributed by atoms with E-state index in [2.05, 4.69) is 57.8 Å². The summed E-state index contributed by atoms with van der Waals surface area (Å²) in [6.07, 6.45) is 1.67. The van der Waals surface area contributed by atoms with Crippen LogP contribution < -0.4 is 4.74 Å². The van der Waals surface area contributed by atoms with Crippen LogP contribution in [0.5, 0.6) is 5.75 Å². The molecule has 0 aliphatic heterocycles. The van der Waals surface area contributed by atoms with Gasteiger partial charge < -0.3 is 9.72 Å². The molecule has 0 fully saturated rings. The number of aromatic nitrogens is 2. The van der Waals surface area contributed by atoms with Gasteiger partial charge in [0.05, 0.1) is 21.6 Å². The monoisotopic (exact) mass is 536 g/mol. The van der Waals surface area contributed by atoms with Crippen LogP contribution in [0.2, 0.25) is 0 Å². The second-order valence-corrected chi connectivity index (χ2v) is 8.32. The van der Waals surface area contributed by atoms with Gasteiger partial charge >= 0.3 is 0 Å². The Morgan fingerprint density at radius 2 is 1.77 bits per heavy atom. The van der Waals surface area contributed by atoms with Crippen LogP contribution in [-0.2, 0) is 0 Å². The Morgan fingerprint density at radius 1 is 1.04 bits per heavy atom. The lowest BCUT2D eigenvalue weighted by atomic mass is 10.1. The second kappa shape index (κ2) is 6.79. The molecule has 0 radical (unpaired) electrons. The third-order valence-corrected chi connectivity index (χ3v) is 5.83. The molecule has 0 atom stereocenters. The van der Waals surface area contributed by atoms with Gasteiger partial charge in [-0.25, -0.2) is 0 Å². The molecule has 4 rings (SSSR count). The van der Waals surface area contributed by atoms with Crippen molar-refractivity contribution < 1.29 is 9.53 Å². The van der Waals surface area contributed by atoms with Gasteiger partial charge in [-0.05, 0) is 62.2 Å². The molecule has 7 heteroatoms. The number of hydrogen-bond donors (Lipinski definition) is 1. The molecule has 130 valence electrons. The first kappa shape index (κ1) is 17.7. The molecule has 4 aromatic rings. The van der Waals surface area contributed by atoms with Crippen LogP contribution in [0.4, 0.5) is 0 Å². The zero-order chi connectivity index (χ0) is 18.4. The van der Waals surface area contributed by atoms with Crippen LogP contribution in [-0.4, -0.2) is 22.9 Å². The maximum absolute atomic E-state index is 13.1. The number of benzene rings is 2. The number of carbonyl (C=O) groups excluding carboxylic acids is 1. The maximum Gasteiger partial charge on any atom is 0.213 e. The first-order valence-corrected chi connectivity index (χ1v) is 10.0. The largest absolute Gasteiger partial charge is 0.494 e. The molecule has 0 saturated carbocycles. The molecule has 2 heterocycles. The Labute approximate surface area is 174 Å². The van der Waals surface area contributed by atoms with Gasteiger partial charge in [0.15, 0.2) is 0 Å². The zero-order valence-corrected chi connectivity index (χ0v) is 18.2. The van der Waals surface area contributed by atoms with E-state index in [1.54, 1.807) is 25.4 Å². The van der Waals surface area contributed by atoms with Gasteiger partial charge in [-0.15, -0.1) is 0 Å². The molecule has 4 nitrogen and oxygen atoms in total. The number of fused-ring (bicyclic) bond motifs is 3. The van der Waals surface area contributed by atoms with E-state index in [1.807, 2.05) is 24.3 Å². The van der Waals surface area contributed by atoms with Crippen LogP contribution in [0.15, 0.2) is 56.0 Å². The number of pyridine rings is 1. The van der Waals surface area contributed by atoms with Crippen molar-refractivity contribution in [1.82, 2.24) is 9.97 Å². The summed E-state index contributed by atoms with van der Waals surface area (Å²) < 4.78 is 7.68. The molecule has 0 aliphatic rings. The molecule has 0 amide bonds. The molecule has 0 spiro atoms. The molecule has 0 bridgehead atoms. The average molecular weight is 539 g/mol. The van der Waals surface area contributed by atoms with E-state index in [9.17, 15) is 4.79 Å². The molecule has 1 N–H and O–H groups in total. The fourth-order valence-corrected chi connectivity index (χ4v) is 4.87. The third-order valence-electron chi connectivity index (χ3n) is 4.16. The van der Waals surface area contributed by atoms with Crippen molar-refractivity contribution in [2.24, 2.45) is 0 Å². The van der Waals surface area contributed by atoms with Crippen molar-refractivity contribution in [3.8, 4) is 5.75 Å². The molecular weight excluding hydrogens is 528 g/mol. The number of nitrogens with zero attached hydrogens (tertiary/aromatic N) is 1. The van der Waals surface area contributed by atoms with E-state index in [1.165, 1.54) is 0 Å². The van der Waals surface area contributed by atoms with Crippen LogP contribution in [0.25, 0.3) is 21.8 Å². The lowest BCUT2D eigenvalue weighted by molar-refractivity contribution is 0.103. The third kappa shape index (κ3) is 2.88. The van der Waals surface area contributed by atoms with Gasteiger partial charge in [-0.1, -0.05) is 22.0 Å². The average Bonchev–Trinajstić information content (AvgIpc) is 2.98. The summed E-state index contributed by atoms with van der Waals surface area (Å²) in [5.74, 6) is 0.480. The summed E-state index contributed by atoms with van der Waals surface area (Å²) in [6.45, 7) is 0. The van der Waals surface area contributed by atoms with E-state index in [4.69, 9.17) is 4.74 Å². The number of nitrogens with one attached hydrogen (secondary N) is 1. The number of H-pyrrole nitrogens is 1. The van der Waals surface area contributed by atoms with Gasteiger partial charge in [-0.2, -0.15) is 0 Å². The summed E-state index contributed by atoms with van der Waals surface area (Å²) in [6, 6.07) is 11.4. The van der Waals surface area contributed by atoms with E-state index in [0.29, 0.717) is 26.0 Å². The number of ketones is 1. The summed E-state index contributed by atoms with van der Waals surface area (Å²) in [5.41, 5.74) is 2.59. The van der Waals surface area contributed by atoms with Gasteiger partial charge in [0.2, 0.25) is 5.78 Å². The van der Waals surface area contributed by atoms with Crippen molar-refractivity contribution in [1.29, 1.82) is 0 Å². The maximum atomic E-state index is 13.1. The topological polar surface area (TPSA) is 55.0 Å². The summed E-state index contributed by atoms with van der Waals surface area (Å²) >= 11 is 10.4. The Kier molecular flexibility index (Phi) is 4.62. The highest BCUT2D eigenvalue weighted by Gasteiger charge is 2.19. The van der Waals surface area contributed by atoms with E-state index < -0.39 is 0 Å². The first-order valence-electron chi connectivity index (χ1n) is 7.63. The van der Waals surface area contributed by atoms with Crippen molar-refractivity contribution in [3.63, 3.8) is 0 Å². The predicted molar refractivity (Wildman–Crippen MR) is 113 cm³/mol. The van der Waals surface area contributed by atoms with Crippen molar-refractivity contribution in [2.75, 3.05) is 7.11 Å². The Hall–Kier alpha value is -1.70. The standard InChI is InChI=1S/C19H11Br3N2O2/c1-26-19-13(21)6-9(7-14(19)22)18(25)17-16-12(4-5-23-17)11-3-2-10(20)8-15(11)24-16/h2-8,24H,1H3. The van der Waals surface area contributed by atoms with Gasteiger partial charge in [0, 0.05) is 32.5 Å². The number of hydrogen-bond acceptors (Lipinski definition) is 3. The number of carbonyl (C=O) groups is 1. The fraction of sp³-hybridized carbons (Fsp3) is 0.0526. The van der Waals surface area contributed by atoms with Crippen LogP contribution in [0.1, 0.15) is 16.1 Å². The lowest BCUT2D eigenvalue weighted by Crippen LogP contribution is -2.05. The highest BCUT2D eigenvalue weighted by atomic mass is 79.9. The molecule has 2 aromatic heterocycles. The first-order chi connectivity index (χ1) is 12.5. The normalized spacial score (nSPS) is 11.2. The minimum Gasteiger partial charge on any atom is -0.494 e. The quantitative estimate of drug-likeness (QED) is 0.314. The summed E-state index contributed by atoms with van der Waals surface area (Å²) in [7, 11) is 1.58. The highest BCUT2D eigenvalue weighted by molar-refractivity contribution is 9.11. The molecule has 0 saturated heterocycles. The van der Waals surface area contributed by atoms with Crippen molar-refractivity contribution in [3.05, 3.63) is 67.3 Å². The minimum atomic E-state index is -0.162. The number of aromatic amines is 1. The molecule has 2 aromatic carbocycles. The van der Waals surface area contributed by atoms with E-state index in [-0.39, 0.29) is 5.78 Å². The van der Waals surface area contributed by atoms with Crippen LogP contribution in [0, 0.1) is 0 Å². The van der Waals surface area contributed by atoms with Crippen molar-refractivity contribution >= 4 is 75.4 Å². The number of rotatable bonds is 3. The Bertz CT molecular complexity index is 1160. The van der Waals surface area contributed by atoms with E-state index in [0.717, 1.165) is 26.3 Å². The summed E-state index contributed by atoms with van der Waals surface area (Å²) in [4.78, 5) is 20.8. The van der Waals surface area contributed by atoms with Crippen LogP contribution in [0.3, 0.4) is 0 Å². The Balaban J connectivity index is 1.91. The van der Waals surface area contributed by atoms with E-state index >= 15 is 0 Å². The van der Waals surface area contributed by atoms with Crippen LogP contribution >= 0.6 is 47.8 Å². The molecule has 0 aliphatic carbocycles. The molecule has 0 unspecified atom stereocenters. The van der Waals surface area contributed by atoms with Gasteiger partial charge in [0.1, 0.15) is 11.4 Å². The van der Waals surface area contributed by atoms with Crippen molar-refractivity contribution in [2.45, 2.75) is 0 Å². The smallest absolute Gasteiger partial charge is 0.213 e. The second-order valence-electron chi connectivity index (χ2n) is 5.70. The van der Waals surface area contributed by atoms with Gasteiger partial charge in [-0.3, -0.25) is 9.78 Å². The molecular formula is C19H11Br3N2O2. The zero-order valence-electron chi connectivity index (χ0n) is 13.4. The number of halogens is 3. The Morgan fingerprint density at radius 3 is 2.46 bits per heavy atom. The van der Waals surface area contributed by atoms with Gasteiger partial charge in [0.25, 0.3) is 0 Å². The molecule has 26 heavy (non-hydrogen) atoms. The number of methoxy groups -OCH3 is 1. The number of ether oxygens (including phenoxy) is 1. The SMILES string of the molecule is COc1c(Br)cc(C(=O)c2nccc3c2[nH]c2cc(Br)ccc23)cc1Br. The summed E-state index contributed by atoms with van der Waals surface area (Å²) in [5, 5.41) is 2.02. The highest BCUT2D eigenvalue weighted by Crippen LogP contribution is 2.36. The minimum absolute atomic E-state index is 0.162.